The van der Waals surface area contributed by atoms with Crippen molar-refractivity contribution in [2.45, 2.75) is 18.4 Å². The lowest BCUT2D eigenvalue weighted by Gasteiger charge is -2.22. The number of carbonyl (C=O) groups excluding carboxylic acids is 2. The Morgan fingerprint density at radius 2 is 1.54 bits per heavy atom. The van der Waals surface area contributed by atoms with Crippen LogP contribution in [0.25, 0.3) is 0 Å². The normalized spacial score (nSPS) is 11.8. The highest BCUT2D eigenvalue weighted by Gasteiger charge is 2.17. The summed E-state index contributed by atoms with van der Waals surface area (Å²) < 4.78 is 0. The van der Waals surface area contributed by atoms with Crippen LogP contribution in [0.5, 0.6) is 0 Å². The molecule has 2 amide bonds. The zero-order valence-electron chi connectivity index (χ0n) is 14.7. The average molecular weight is 371 g/mol. The van der Waals surface area contributed by atoms with Crippen LogP contribution >= 0.6 is 11.8 Å². The van der Waals surface area contributed by atoms with E-state index in [-0.39, 0.29) is 5.92 Å². The number of carboxylic acid groups (broad SMARTS) is 1. The lowest BCUT2D eigenvalue weighted by molar-refractivity contribution is -0.308. The number of carbonyl (C=O) groups is 2. The highest BCUT2D eigenvalue weighted by atomic mass is 32.2. The van der Waals surface area contributed by atoms with Crippen LogP contribution in [-0.2, 0) is 4.79 Å². The molecule has 0 spiro atoms. The van der Waals surface area contributed by atoms with Gasteiger partial charge in [0.1, 0.15) is 0 Å². The van der Waals surface area contributed by atoms with E-state index in [0.29, 0.717) is 18.7 Å². The minimum absolute atomic E-state index is 0.0178. The summed E-state index contributed by atoms with van der Waals surface area (Å²) in [6.07, 6.45) is 2.22. The minimum Gasteiger partial charge on any atom is -0.548 e. The van der Waals surface area contributed by atoms with Crippen LogP contribution in [0, 0.1) is 0 Å². The van der Waals surface area contributed by atoms with E-state index in [2.05, 4.69) is 10.6 Å². The van der Waals surface area contributed by atoms with Crippen molar-refractivity contribution in [1.82, 2.24) is 10.6 Å². The van der Waals surface area contributed by atoms with Crippen LogP contribution < -0.4 is 15.7 Å². The van der Waals surface area contributed by atoms with Gasteiger partial charge in [-0.1, -0.05) is 60.7 Å². The second kappa shape index (κ2) is 10.5. The number of carboxylic acids is 1. The first-order chi connectivity index (χ1) is 12.6. The predicted octanol–water partition coefficient (Wildman–Crippen LogP) is 1.99. The van der Waals surface area contributed by atoms with Gasteiger partial charge in [-0.05, 0) is 29.6 Å². The van der Waals surface area contributed by atoms with Crippen LogP contribution in [0.3, 0.4) is 0 Å². The molecule has 1 atom stereocenters. The second-order valence-corrected chi connectivity index (χ2v) is 6.87. The van der Waals surface area contributed by atoms with Crippen molar-refractivity contribution in [3.63, 3.8) is 0 Å². The highest BCUT2D eigenvalue weighted by molar-refractivity contribution is 7.98. The van der Waals surface area contributed by atoms with Gasteiger partial charge >= 0.3 is 6.03 Å². The van der Waals surface area contributed by atoms with Crippen LogP contribution in [0.1, 0.15) is 23.5 Å². The van der Waals surface area contributed by atoms with Gasteiger partial charge in [0.15, 0.2) is 0 Å². The Morgan fingerprint density at radius 3 is 2.00 bits per heavy atom. The van der Waals surface area contributed by atoms with E-state index in [1.165, 1.54) is 11.8 Å². The Bertz CT molecular complexity index is 655. The fourth-order valence-electron chi connectivity index (χ4n) is 2.69. The summed E-state index contributed by atoms with van der Waals surface area (Å²) in [6.45, 7) is 0.363. The molecule has 0 radical (unpaired) electrons. The third kappa shape index (κ3) is 6.11. The van der Waals surface area contributed by atoms with Crippen LogP contribution in [0.15, 0.2) is 60.7 Å². The van der Waals surface area contributed by atoms with Crippen LogP contribution in [0.2, 0.25) is 0 Å². The van der Waals surface area contributed by atoms with Gasteiger partial charge in [-0.3, -0.25) is 0 Å². The Morgan fingerprint density at radius 1 is 1.00 bits per heavy atom. The first-order valence-electron chi connectivity index (χ1n) is 8.46. The van der Waals surface area contributed by atoms with E-state index in [9.17, 15) is 14.7 Å². The summed E-state index contributed by atoms with van der Waals surface area (Å²) in [7, 11) is 0. The number of hydrogen-bond acceptors (Lipinski definition) is 4. The molecule has 0 fully saturated rings. The molecule has 2 rings (SSSR count). The van der Waals surface area contributed by atoms with Crippen molar-refractivity contribution in [1.29, 1.82) is 0 Å². The largest absolute Gasteiger partial charge is 0.548 e. The Labute approximate surface area is 158 Å². The number of benzene rings is 2. The molecule has 0 saturated carbocycles. The fourth-order valence-corrected chi connectivity index (χ4v) is 3.16. The number of rotatable bonds is 9. The van der Waals surface area contributed by atoms with Crippen molar-refractivity contribution in [3.05, 3.63) is 71.8 Å². The standard InChI is InChI=1S/C20H24N2O3S/c1-26-13-12-18(19(23)24)22-20(25)21-14-17(15-8-4-2-5-9-15)16-10-6-3-7-11-16/h2-11,17-18H,12-14H2,1H3,(H,23,24)(H2,21,22,25)/p-1/t18-/m0/s1. The summed E-state index contributed by atoms with van der Waals surface area (Å²) in [5, 5.41) is 16.4. The lowest BCUT2D eigenvalue weighted by Crippen LogP contribution is -2.51. The third-order valence-electron chi connectivity index (χ3n) is 4.07. The number of aliphatic carboxylic acids is 1. The summed E-state index contributed by atoms with van der Waals surface area (Å²) in [5.74, 6) is -0.650. The molecule has 5 nitrogen and oxygen atoms in total. The average Bonchev–Trinajstić information content (AvgIpc) is 2.66. The number of amides is 2. The maximum absolute atomic E-state index is 12.2. The van der Waals surface area contributed by atoms with Gasteiger partial charge in [-0.25, -0.2) is 4.79 Å². The van der Waals surface area contributed by atoms with Gasteiger partial charge in [0.2, 0.25) is 0 Å². The molecular formula is C20H23N2O3S-. The lowest BCUT2D eigenvalue weighted by atomic mass is 9.91. The molecule has 2 aromatic carbocycles. The summed E-state index contributed by atoms with van der Waals surface area (Å²) >= 11 is 1.52. The maximum Gasteiger partial charge on any atom is 0.315 e. The molecule has 138 valence electrons. The maximum atomic E-state index is 12.2. The first kappa shape index (κ1) is 19.8. The Hall–Kier alpha value is -2.47. The number of thioether (sulfide) groups is 1. The summed E-state index contributed by atoms with van der Waals surface area (Å²) in [4.78, 5) is 23.3. The molecule has 0 aliphatic carbocycles. The van der Waals surface area contributed by atoms with Crippen LogP contribution in [0.4, 0.5) is 4.79 Å². The number of nitrogens with one attached hydrogen (secondary N) is 2. The first-order valence-corrected chi connectivity index (χ1v) is 9.85. The van der Waals surface area contributed by atoms with E-state index in [4.69, 9.17) is 0 Å². The number of urea groups is 1. The quantitative estimate of drug-likeness (QED) is 0.706. The predicted molar refractivity (Wildman–Crippen MR) is 103 cm³/mol. The van der Waals surface area contributed by atoms with Gasteiger partial charge in [-0.2, -0.15) is 11.8 Å². The highest BCUT2D eigenvalue weighted by Crippen LogP contribution is 2.23. The van der Waals surface area contributed by atoms with Crippen molar-refractivity contribution in [2.24, 2.45) is 0 Å². The molecule has 0 bridgehead atoms. The van der Waals surface area contributed by atoms with Crippen LogP contribution in [-0.4, -0.2) is 36.6 Å². The van der Waals surface area contributed by atoms with E-state index in [0.717, 1.165) is 11.1 Å². The molecular weight excluding hydrogens is 348 g/mol. The van der Waals surface area contributed by atoms with Gasteiger partial charge in [0.05, 0.1) is 12.0 Å². The molecule has 0 aromatic heterocycles. The van der Waals surface area contributed by atoms with Gasteiger partial charge < -0.3 is 20.5 Å². The smallest absolute Gasteiger partial charge is 0.315 e. The molecule has 2 aromatic rings. The molecule has 0 aliphatic heterocycles. The van der Waals surface area contributed by atoms with E-state index in [1.54, 1.807) is 0 Å². The molecule has 0 heterocycles. The fraction of sp³-hybridized carbons (Fsp3) is 0.300. The Balaban J connectivity index is 2.03. The zero-order chi connectivity index (χ0) is 18.8. The molecule has 2 N–H and O–H groups in total. The second-order valence-electron chi connectivity index (χ2n) is 5.88. The van der Waals surface area contributed by atoms with Gasteiger partial charge in [0, 0.05) is 12.5 Å². The van der Waals surface area contributed by atoms with E-state index in [1.807, 2.05) is 66.9 Å². The molecule has 0 unspecified atom stereocenters. The van der Waals surface area contributed by atoms with Crippen molar-refractivity contribution in [2.75, 3.05) is 18.6 Å². The van der Waals surface area contributed by atoms with Crippen molar-refractivity contribution < 1.29 is 14.7 Å². The van der Waals surface area contributed by atoms with E-state index >= 15 is 0 Å². The van der Waals surface area contributed by atoms with E-state index < -0.39 is 18.0 Å². The SMILES string of the molecule is CSCC[C@H](NC(=O)NCC(c1ccccc1)c1ccccc1)C(=O)[O-]. The summed E-state index contributed by atoms with van der Waals surface area (Å²) in [5.41, 5.74) is 2.16. The van der Waals surface area contributed by atoms with Gasteiger partial charge in [0.25, 0.3) is 0 Å². The minimum atomic E-state index is -1.27. The monoisotopic (exact) mass is 371 g/mol. The molecule has 0 saturated heterocycles. The third-order valence-corrected chi connectivity index (χ3v) is 4.72. The number of hydrogen-bond donors (Lipinski definition) is 2. The van der Waals surface area contributed by atoms with Crippen molar-refractivity contribution >= 4 is 23.8 Å². The van der Waals surface area contributed by atoms with Gasteiger partial charge in [-0.15, -0.1) is 0 Å². The molecule has 6 heteroatoms. The summed E-state index contributed by atoms with van der Waals surface area (Å²) in [6, 6.07) is 18.3. The topological polar surface area (TPSA) is 81.3 Å². The molecule has 26 heavy (non-hydrogen) atoms. The Kier molecular flexibility index (Phi) is 8.02. The molecule has 0 aliphatic rings. The zero-order valence-corrected chi connectivity index (χ0v) is 15.5. The van der Waals surface area contributed by atoms with Crippen molar-refractivity contribution in [3.8, 4) is 0 Å².